The van der Waals surface area contributed by atoms with Crippen molar-refractivity contribution in [2.45, 2.75) is 19.5 Å². The molecule has 4 nitrogen and oxygen atoms in total. The molecule has 0 spiro atoms. The number of hydrogen-bond acceptors (Lipinski definition) is 3. The Bertz CT molecular complexity index is 396. The number of nitrogens with zero attached hydrogens (tertiary/aromatic N) is 3. The van der Waals surface area contributed by atoms with Gasteiger partial charge in [-0.25, -0.2) is 4.98 Å². The van der Waals surface area contributed by atoms with Crippen molar-refractivity contribution in [3.8, 4) is 0 Å². The van der Waals surface area contributed by atoms with Gasteiger partial charge in [-0.1, -0.05) is 0 Å². The number of pyridine rings is 1. The Kier molecular flexibility index (Phi) is 3.66. The van der Waals surface area contributed by atoms with Crippen LogP contribution in [0.3, 0.4) is 0 Å². The van der Waals surface area contributed by atoms with Crippen LogP contribution in [-0.2, 0) is 6.54 Å². The zero-order valence-electron chi connectivity index (χ0n) is 9.37. The van der Waals surface area contributed by atoms with E-state index in [1.54, 1.807) is 6.20 Å². The number of aromatic nitrogens is 3. The van der Waals surface area contributed by atoms with Crippen LogP contribution < -0.4 is 5.32 Å². The molecule has 1 unspecified atom stereocenters. The van der Waals surface area contributed by atoms with Crippen molar-refractivity contribution in [2.24, 2.45) is 0 Å². The quantitative estimate of drug-likeness (QED) is 0.826. The molecule has 2 aromatic heterocycles. The maximum Gasteiger partial charge on any atom is 0.0946 e. The molecule has 2 rings (SSSR count). The summed E-state index contributed by atoms with van der Waals surface area (Å²) in [6.07, 6.45) is 9.25. The zero-order valence-corrected chi connectivity index (χ0v) is 9.37. The molecule has 1 atom stereocenters. The minimum atomic E-state index is 0.353. The predicted molar refractivity (Wildman–Crippen MR) is 62.9 cm³/mol. The maximum absolute atomic E-state index is 4.01. The lowest BCUT2D eigenvalue weighted by Gasteiger charge is -2.13. The lowest BCUT2D eigenvalue weighted by atomic mass is 10.1. The van der Waals surface area contributed by atoms with Crippen LogP contribution in [0.25, 0.3) is 0 Å². The van der Waals surface area contributed by atoms with Crippen molar-refractivity contribution in [3.05, 3.63) is 48.8 Å². The Morgan fingerprint density at radius 1 is 1.25 bits per heavy atom. The van der Waals surface area contributed by atoms with Crippen molar-refractivity contribution < 1.29 is 0 Å². The Morgan fingerprint density at radius 2 is 2.06 bits per heavy atom. The second kappa shape index (κ2) is 5.42. The Labute approximate surface area is 95.4 Å². The summed E-state index contributed by atoms with van der Waals surface area (Å²) >= 11 is 0. The molecule has 0 bridgehead atoms. The molecule has 0 aliphatic carbocycles. The summed E-state index contributed by atoms with van der Waals surface area (Å²) < 4.78 is 2.06. The van der Waals surface area contributed by atoms with Crippen LogP contribution in [-0.4, -0.2) is 21.1 Å². The van der Waals surface area contributed by atoms with Gasteiger partial charge < -0.3 is 9.88 Å². The van der Waals surface area contributed by atoms with Gasteiger partial charge in [-0.2, -0.15) is 0 Å². The summed E-state index contributed by atoms with van der Waals surface area (Å²) in [4.78, 5) is 8.01. The first kappa shape index (κ1) is 10.8. The van der Waals surface area contributed by atoms with E-state index in [9.17, 15) is 0 Å². The molecule has 0 saturated carbocycles. The summed E-state index contributed by atoms with van der Waals surface area (Å²) in [5.41, 5.74) is 1.26. The van der Waals surface area contributed by atoms with Crippen molar-refractivity contribution in [1.82, 2.24) is 19.9 Å². The van der Waals surface area contributed by atoms with E-state index in [0.717, 1.165) is 13.1 Å². The fourth-order valence-corrected chi connectivity index (χ4v) is 1.60. The fraction of sp³-hybridized carbons (Fsp3) is 0.333. The fourth-order valence-electron chi connectivity index (χ4n) is 1.60. The largest absolute Gasteiger partial charge is 0.336 e. The first-order chi connectivity index (χ1) is 7.86. The van der Waals surface area contributed by atoms with Crippen LogP contribution in [0.2, 0.25) is 0 Å². The summed E-state index contributed by atoms with van der Waals surface area (Å²) in [6, 6.07) is 4.43. The first-order valence-corrected chi connectivity index (χ1v) is 5.45. The number of rotatable bonds is 5. The molecule has 0 aliphatic heterocycles. The standard InChI is InChI=1S/C12H16N4/c1-11(12-2-4-13-5-3-12)15-7-9-16-8-6-14-10-16/h2-6,8,10-11,15H,7,9H2,1H3. The molecule has 16 heavy (non-hydrogen) atoms. The normalized spacial score (nSPS) is 12.6. The lowest BCUT2D eigenvalue weighted by Crippen LogP contribution is -2.22. The van der Waals surface area contributed by atoms with E-state index in [-0.39, 0.29) is 0 Å². The SMILES string of the molecule is CC(NCCn1ccnc1)c1ccncc1. The molecule has 0 fully saturated rings. The van der Waals surface area contributed by atoms with Gasteiger partial charge >= 0.3 is 0 Å². The maximum atomic E-state index is 4.01. The smallest absolute Gasteiger partial charge is 0.0946 e. The van der Waals surface area contributed by atoms with Gasteiger partial charge in [-0.15, -0.1) is 0 Å². The van der Waals surface area contributed by atoms with Gasteiger partial charge in [-0.3, -0.25) is 4.98 Å². The summed E-state index contributed by atoms with van der Waals surface area (Å²) in [5, 5.41) is 3.46. The third kappa shape index (κ3) is 2.90. The van der Waals surface area contributed by atoms with Crippen molar-refractivity contribution in [3.63, 3.8) is 0 Å². The monoisotopic (exact) mass is 216 g/mol. The highest BCUT2D eigenvalue weighted by atomic mass is 15.0. The van der Waals surface area contributed by atoms with Crippen LogP contribution >= 0.6 is 0 Å². The topological polar surface area (TPSA) is 42.7 Å². The van der Waals surface area contributed by atoms with Crippen LogP contribution in [0.4, 0.5) is 0 Å². The zero-order chi connectivity index (χ0) is 11.2. The average Bonchev–Trinajstić information content (AvgIpc) is 2.83. The lowest BCUT2D eigenvalue weighted by molar-refractivity contribution is 0.530. The molecule has 2 aromatic rings. The summed E-state index contributed by atoms with van der Waals surface area (Å²) in [7, 11) is 0. The van der Waals surface area contributed by atoms with E-state index in [0.29, 0.717) is 6.04 Å². The molecular formula is C12H16N4. The molecule has 4 heteroatoms. The molecule has 0 radical (unpaired) electrons. The molecule has 2 heterocycles. The van der Waals surface area contributed by atoms with Gasteiger partial charge in [-0.05, 0) is 24.6 Å². The Hall–Kier alpha value is -1.68. The average molecular weight is 216 g/mol. The molecule has 0 aliphatic rings. The molecular weight excluding hydrogens is 200 g/mol. The van der Waals surface area contributed by atoms with E-state index in [1.807, 2.05) is 37.1 Å². The van der Waals surface area contributed by atoms with Crippen molar-refractivity contribution >= 4 is 0 Å². The van der Waals surface area contributed by atoms with E-state index in [1.165, 1.54) is 5.56 Å². The molecule has 84 valence electrons. The van der Waals surface area contributed by atoms with Crippen LogP contribution in [0.1, 0.15) is 18.5 Å². The van der Waals surface area contributed by atoms with Crippen molar-refractivity contribution in [2.75, 3.05) is 6.54 Å². The minimum Gasteiger partial charge on any atom is -0.336 e. The summed E-state index contributed by atoms with van der Waals surface area (Å²) in [6.45, 7) is 4.03. The third-order valence-electron chi connectivity index (χ3n) is 2.59. The highest BCUT2D eigenvalue weighted by molar-refractivity contribution is 5.13. The predicted octanol–water partition coefficient (Wildman–Crippen LogP) is 1.63. The first-order valence-electron chi connectivity index (χ1n) is 5.45. The second-order valence-corrected chi connectivity index (χ2v) is 3.76. The van der Waals surface area contributed by atoms with Crippen LogP contribution in [0, 0.1) is 0 Å². The van der Waals surface area contributed by atoms with E-state index < -0.39 is 0 Å². The molecule has 0 aromatic carbocycles. The number of nitrogens with one attached hydrogen (secondary N) is 1. The Balaban J connectivity index is 1.78. The molecule has 0 saturated heterocycles. The Morgan fingerprint density at radius 3 is 2.75 bits per heavy atom. The van der Waals surface area contributed by atoms with E-state index in [4.69, 9.17) is 0 Å². The molecule has 0 amide bonds. The van der Waals surface area contributed by atoms with Gasteiger partial charge in [0.05, 0.1) is 6.33 Å². The van der Waals surface area contributed by atoms with Crippen LogP contribution in [0.5, 0.6) is 0 Å². The van der Waals surface area contributed by atoms with Crippen molar-refractivity contribution in [1.29, 1.82) is 0 Å². The van der Waals surface area contributed by atoms with E-state index in [2.05, 4.69) is 26.8 Å². The second-order valence-electron chi connectivity index (χ2n) is 3.76. The van der Waals surface area contributed by atoms with Gasteiger partial charge in [0.15, 0.2) is 0 Å². The summed E-state index contributed by atoms with van der Waals surface area (Å²) in [5.74, 6) is 0. The van der Waals surface area contributed by atoms with Gasteiger partial charge in [0.1, 0.15) is 0 Å². The van der Waals surface area contributed by atoms with Gasteiger partial charge in [0.25, 0.3) is 0 Å². The highest BCUT2D eigenvalue weighted by Crippen LogP contribution is 2.09. The van der Waals surface area contributed by atoms with E-state index >= 15 is 0 Å². The minimum absolute atomic E-state index is 0.353. The molecule has 1 N–H and O–H groups in total. The van der Waals surface area contributed by atoms with Gasteiger partial charge in [0, 0.05) is 43.9 Å². The van der Waals surface area contributed by atoms with Crippen LogP contribution in [0.15, 0.2) is 43.2 Å². The highest BCUT2D eigenvalue weighted by Gasteiger charge is 2.02. The number of hydrogen-bond donors (Lipinski definition) is 1. The van der Waals surface area contributed by atoms with Gasteiger partial charge in [0.2, 0.25) is 0 Å². The third-order valence-corrected chi connectivity index (χ3v) is 2.59. The number of imidazole rings is 1.